The van der Waals surface area contributed by atoms with Gasteiger partial charge in [0, 0.05) is 22.3 Å². The Kier molecular flexibility index (Phi) is 4.44. The highest BCUT2D eigenvalue weighted by Crippen LogP contribution is 2.37. The van der Waals surface area contributed by atoms with Gasteiger partial charge in [-0.15, -0.1) is 0 Å². The van der Waals surface area contributed by atoms with E-state index in [-0.39, 0.29) is 5.91 Å². The van der Waals surface area contributed by atoms with Gasteiger partial charge in [0.25, 0.3) is 0 Å². The lowest BCUT2D eigenvalue weighted by atomic mass is 10.1. The van der Waals surface area contributed by atoms with Crippen molar-refractivity contribution in [2.24, 2.45) is 5.92 Å². The largest absolute Gasteiger partial charge is 0.467 e. The van der Waals surface area contributed by atoms with Gasteiger partial charge in [0.15, 0.2) is 0 Å². The number of halogens is 2. The number of carbonyl (C=O) groups excluding carboxylic acids is 3. The van der Waals surface area contributed by atoms with Gasteiger partial charge in [0.2, 0.25) is 11.8 Å². The van der Waals surface area contributed by atoms with Crippen molar-refractivity contribution in [3.63, 3.8) is 0 Å². The molecule has 1 atom stereocenters. The molecule has 0 spiro atoms. The normalized spacial score (nSPS) is 21.5. The summed E-state index contributed by atoms with van der Waals surface area (Å²) in [4.78, 5) is 38.2. The standard InChI is InChI=1S/C16H16Cl2N2O4/c1-24-15(23)16(3-4-16)19-13(21)12-2-5-20(14(12)22)11-7-9(17)6-10(18)8-11/h6-8,12H,2-5H2,1H3,(H,19,21). The molecule has 1 N–H and O–H groups in total. The Morgan fingerprint density at radius 3 is 2.42 bits per heavy atom. The Labute approximate surface area is 149 Å². The van der Waals surface area contributed by atoms with E-state index in [1.165, 1.54) is 12.0 Å². The van der Waals surface area contributed by atoms with Crippen LogP contribution in [0.5, 0.6) is 0 Å². The third-order valence-electron chi connectivity index (χ3n) is 4.37. The van der Waals surface area contributed by atoms with Gasteiger partial charge in [0.05, 0.1) is 7.11 Å². The average Bonchev–Trinajstić information content (AvgIpc) is 3.19. The molecule has 1 saturated heterocycles. The van der Waals surface area contributed by atoms with Crippen LogP contribution in [0.3, 0.4) is 0 Å². The Morgan fingerprint density at radius 1 is 1.25 bits per heavy atom. The van der Waals surface area contributed by atoms with E-state index < -0.39 is 23.3 Å². The van der Waals surface area contributed by atoms with Crippen LogP contribution in [-0.4, -0.2) is 37.0 Å². The first-order valence-corrected chi connectivity index (χ1v) is 8.30. The predicted octanol–water partition coefficient (Wildman–Crippen LogP) is 2.17. The molecule has 1 heterocycles. The number of hydrogen-bond donors (Lipinski definition) is 1. The molecule has 128 valence electrons. The number of rotatable bonds is 4. The summed E-state index contributed by atoms with van der Waals surface area (Å²) in [5, 5.41) is 3.51. The van der Waals surface area contributed by atoms with Crippen molar-refractivity contribution in [3.05, 3.63) is 28.2 Å². The van der Waals surface area contributed by atoms with Crippen LogP contribution in [0.15, 0.2) is 18.2 Å². The molecule has 2 aliphatic rings. The molecular formula is C16H16Cl2N2O4. The number of nitrogens with zero attached hydrogens (tertiary/aromatic N) is 1. The van der Waals surface area contributed by atoms with Crippen molar-refractivity contribution >= 4 is 46.7 Å². The van der Waals surface area contributed by atoms with Crippen molar-refractivity contribution in [2.75, 3.05) is 18.6 Å². The minimum absolute atomic E-state index is 0.327. The lowest BCUT2D eigenvalue weighted by molar-refractivity contribution is -0.147. The van der Waals surface area contributed by atoms with Crippen LogP contribution in [0.25, 0.3) is 0 Å². The smallest absolute Gasteiger partial charge is 0.331 e. The highest BCUT2D eigenvalue weighted by Gasteiger charge is 2.54. The molecule has 3 rings (SSSR count). The van der Waals surface area contributed by atoms with E-state index in [1.807, 2.05) is 0 Å². The average molecular weight is 371 g/mol. The van der Waals surface area contributed by atoms with Crippen molar-refractivity contribution < 1.29 is 19.1 Å². The third-order valence-corrected chi connectivity index (χ3v) is 4.81. The number of methoxy groups -OCH3 is 1. The molecule has 1 aliphatic carbocycles. The highest BCUT2D eigenvalue weighted by molar-refractivity contribution is 6.35. The molecule has 24 heavy (non-hydrogen) atoms. The maximum Gasteiger partial charge on any atom is 0.331 e. The van der Waals surface area contributed by atoms with Gasteiger partial charge < -0.3 is 15.0 Å². The summed E-state index contributed by atoms with van der Waals surface area (Å²) in [7, 11) is 1.28. The number of hydrogen-bond acceptors (Lipinski definition) is 4. The lowest BCUT2D eigenvalue weighted by Crippen LogP contribution is -2.47. The monoisotopic (exact) mass is 370 g/mol. The Morgan fingerprint density at radius 2 is 1.88 bits per heavy atom. The summed E-state index contributed by atoms with van der Waals surface area (Å²) in [5.41, 5.74) is -0.402. The van der Waals surface area contributed by atoms with Crippen molar-refractivity contribution in [2.45, 2.75) is 24.8 Å². The van der Waals surface area contributed by atoms with Crippen molar-refractivity contribution in [1.82, 2.24) is 5.32 Å². The molecule has 1 unspecified atom stereocenters. The fourth-order valence-corrected chi connectivity index (χ4v) is 3.41. The first-order chi connectivity index (χ1) is 11.4. The zero-order valence-corrected chi connectivity index (χ0v) is 14.5. The highest BCUT2D eigenvalue weighted by atomic mass is 35.5. The Balaban J connectivity index is 1.72. The molecule has 8 heteroatoms. The van der Waals surface area contributed by atoms with Crippen molar-refractivity contribution in [1.29, 1.82) is 0 Å². The topological polar surface area (TPSA) is 75.7 Å². The molecule has 0 radical (unpaired) electrons. The second-order valence-electron chi connectivity index (χ2n) is 6.02. The summed E-state index contributed by atoms with van der Waals surface area (Å²) in [6.07, 6.45) is 1.42. The van der Waals surface area contributed by atoms with Gasteiger partial charge in [0.1, 0.15) is 11.5 Å². The maximum atomic E-state index is 12.6. The summed E-state index contributed by atoms with van der Waals surface area (Å²) in [6.45, 7) is 0.388. The van der Waals surface area contributed by atoms with Gasteiger partial charge in [-0.25, -0.2) is 4.79 Å². The minimum atomic E-state index is -0.959. The first kappa shape index (κ1) is 17.0. The summed E-state index contributed by atoms with van der Waals surface area (Å²) in [5.74, 6) is -2.07. The summed E-state index contributed by atoms with van der Waals surface area (Å²) >= 11 is 11.9. The molecule has 1 aromatic carbocycles. The van der Waals surface area contributed by atoms with E-state index in [1.54, 1.807) is 18.2 Å². The molecule has 6 nitrogen and oxygen atoms in total. The van der Waals surface area contributed by atoms with Crippen LogP contribution < -0.4 is 10.2 Å². The quantitative estimate of drug-likeness (QED) is 0.650. The molecule has 0 aromatic heterocycles. The van der Waals surface area contributed by atoms with Crippen molar-refractivity contribution in [3.8, 4) is 0 Å². The SMILES string of the molecule is COC(=O)C1(NC(=O)C2CCN(c3cc(Cl)cc(Cl)c3)C2=O)CC1. The summed E-state index contributed by atoms with van der Waals surface area (Å²) < 4.78 is 4.71. The predicted molar refractivity (Wildman–Crippen MR) is 89.0 cm³/mol. The second-order valence-corrected chi connectivity index (χ2v) is 6.89. The molecule has 0 bridgehead atoms. The number of nitrogens with one attached hydrogen (secondary N) is 1. The number of benzene rings is 1. The van der Waals surface area contributed by atoms with Gasteiger partial charge >= 0.3 is 5.97 Å². The van der Waals surface area contributed by atoms with Gasteiger partial charge in [-0.2, -0.15) is 0 Å². The molecule has 1 aliphatic heterocycles. The summed E-state index contributed by atoms with van der Waals surface area (Å²) in [6, 6.07) is 4.83. The fourth-order valence-electron chi connectivity index (χ4n) is 2.90. The van der Waals surface area contributed by atoms with Crippen LogP contribution in [0.2, 0.25) is 10.0 Å². The fraction of sp³-hybridized carbons (Fsp3) is 0.438. The maximum absolute atomic E-state index is 12.6. The van der Waals surface area contributed by atoms with Crippen LogP contribution in [-0.2, 0) is 19.1 Å². The van der Waals surface area contributed by atoms with E-state index in [0.717, 1.165) is 0 Å². The third kappa shape index (κ3) is 3.08. The molecule has 2 fully saturated rings. The molecular weight excluding hydrogens is 355 g/mol. The molecule has 1 aromatic rings. The van der Waals surface area contributed by atoms with Crippen LogP contribution in [0.1, 0.15) is 19.3 Å². The molecule has 1 saturated carbocycles. The van der Waals surface area contributed by atoms with Gasteiger partial charge in [-0.3, -0.25) is 9.59 Å². The number of carbonyl (C=O) groups is 3. The number of esters is 1. The van der Waals surface area contributed by atoms with Crippen LogP contribution in [0, 0.1) is 5.92 Å². The lowest BCUT2D eigenvalue weighted by Gasteiger charge is -2.19. The van der Waals surface area contributed by atoms with Crippen LogP contribution in [0.4, 0.5) is 5.69 Å². The van der Waals surface area contributed by atoms with Crippen LogP contribution >= 0.6 is 23.2 Å². The van der Waals surface area contributed by atoms with Gasteiger partial charge in [-0.1, -0.05) is 23.2 Å². The second kappa shape index (κ2) is 6.26. The Hall–Kier alpha value is -1.79. The van der Waals surface area contributed by atoms with E-state index in [9.17, 15) is 14.4 Å². The molecule has 2 amide bonds. The van der Waals surface area contributed by atoms with E-state index in [2.05, 4.69) is 5.32 Å². The first-order valence-electron chi connectivity index (χ1n) is 7.54. The Bertz CT molecular complexity index is 698. The van der Waals surface area contributed by atoms with Gasteiger partial charge in [-0.05, 0) is 37.5 Å². The number of ether oxygens (including phenoxy) is 1. The number of anilines is 1. The minimum Gasteiger partial charge on any atom is -0.467 e. The number of amides is 2. The van der Waals surface area contributed by atoms with E-state index in [0.29, 0.717) is 41.5 Å². The van der Waals surface area contributed by atoms with E-state index in [4.69, 9.17) is 27.9 Å². The van der Waals surface area contributed by atoms with E-state index >= 15 is 0 Å². The zero-order chi connectivity index (χ0) is 17.5. The zero-order valence-electron chi connectivity index (χ0n) is 13.0.